The van der Waals surface area contributed by atoms with Gasteiger partial charge in [0.25, 0.3) is 0 Å². The van der Waals surface area contributed by atoms with Gasteiger partial charge in [-0.05, 0) is 69.8 Å². The van der Waals surface area contributed by atoms with E-state index in [0.29, 0.717) is 6.61 Å². The molecule has 4 aromatic carbocycles. The predicted octanol–water partition coefficient (Wildman–Crippen LogP) is 5.63. The van der Waals surface area contributed by atoms with Gasteiger partial charge in [0.1, 0.15) is 18.5 Å². The lowest BCUT2D eigenvalue weighted by atomic mass is 9.93. The van der Waals surface area contributed by atoms with E-state index in [1.54, 1.807) is 0 Å². The first-order chi connectivity index (χ1) is 15.2. The van der Waals surface area contributed by atoms with Crippen molar-refractivity contribution in [3.63, 3.8) is 0 Å². The van der Waals surface area contributed by atoms with E-state index in [2.05, 4.69) is 42.5 Å². The fourth-order valence-electron chi connectivity index (χ4n) is 3.68. The van der Waals surface area contributed by atoms with Gasteiger partial charge in [0.15, 0.2) is 0 Å². The third-order valence-electron chi connectivity index (χ3n) is 5.47. The van der Waals surface area contributed by atoms with Gasteiger partial charge in [0.05, 0.1) is 6.61 Å². The minimum atomic E-state index is 0.228. The molecule has 4 N–H and O–H groups in total. The Bertz CT molecular complexity index is 1200. The second-order valence-electron chi connectivity index (χ2n) is 7.80. The van der Waals surface area contributed by atoms with Gasteiger partial charge in [-0.1, -0.05) is 54.6 Å². The van der Waals surface area contributed by atoms with Gasteiger partial charge in [-0.3, -0.25) is 0 Å². The zero-order valence-electron chi connectivity index (χ0n) is 17.1. The molecule has 5 rings (SSSR count). The van der Waals surface area contributed by atoms with Crippen LogP contribution in [0.4, 0.5) is 11.4 Å². The Morgan fingerprint density at radius 3 is 2.03 bits per heavy atom. The topological polar surface area (TPSA) is 73.8 Å². The number of benzene rings is 4. The molecule has 4 aromatic rings. The lowest BCUT2D eigenvalue weighted by Gasteiger charge is -2.13. The van der Waals surface area contributed by atoms with E-state index >= 15 is 0 Å². The standard InChI is InChI=1S/C27H24N2O2/c28-22-10-8-19(9-11-22)18-4-6-20(7-5-18)26-13-12-23(29)15-27(26)21-2-1-3-24(14-21)30-16-25-17-31-25/h1-15,25H,16-17,28-29H2. The molecule has 0 spiro atoms. The van der Waals surface area contributed by atoms with Crippen molar-refractivity contribution in [3.8, 4) is 39.1 Å². The number of nitrogens with two attached hydrogens (primary N) is 2. The fourth-order valence-corrected chi connectivity index (χ4v) is 3.68. The highest BCUT2D eigenvalue weighted by atomic mass is 16.6. The first-order valence-corrected chi connectivity index (χ1v) is 10.4. The highest BCUT2D eigenvalue weighted by molar-refractivity contribution is 5.86. The molecular weight excluding hydrogens is 384 g/mol. The number of anilines is 2. The van der Waals surface area contributed by atoms with Gasteiger partial charge in [-0.15, -0.1) is 0 Å². The van der Waals surface area contributed by atoms with Gasteiger partial charge in [0.2, 0.25) is 0 Å². The Balaban J connectivity index is 1.47. The van der Waals surface area contributed by atoms with Crippen LogP contribution in [0.15, 0.2) is 91.0 Å². The van der Waals surface area contributed by atoms with Crippen molar-refractivity contribution in [1.82, 2.24) is 0 Å². The van der Waals surface area contributed by atoms with Crippen molar-refractivity contribution in [2.45, 2.75) is 6.10 Å². The Kier molecular flexibility index (Phi) is 5.06. The number of rotatable bonds is 6. The molecule has 1 heterocycles. The Morgan fingerprint density at radius 1 is 0.677 bits per heavy atom. The molecule has 1 aliphatic heterocycles. The third kappa shape index (κ3) is 4.39. The first-order valence-electron chi connectivity index (χ1n) is 10.4. The second kappa shape index (κ2) is 8.17. The Labute approximate surface area is 182 Å². The lowest BCUT2D eigenvalue weighted by molar-refractivity contribution is 0.263. The normalized spacial score (nSPS) is 14.9. The van der Waals surface area contributed by atoms with Crippen molar-refractivity contribution in [1.29, 1.82) is 0 Å². The van der Waals surface area contributed by atoms with Crippen molar-refractivity contribution in [2.24, 2.45) is 0 Å². The first kappa shape index (κ1) is 19.2. The van der Waals surface area contributed by atoms with Gasteiger partial charge in [0, 0.05) is 11.4 Å². The summed E-state index contributed by atoms with van der Waals surface area (Å²) in [6.45, 7) is 1.37. The molecule has 4 heteroatoms. The summed E-state index contributed by atoms with van der Waals surface area (Å²) >= 11 is 0. The zero-order chi connectivity index (χ0) is 21.2. The van der Waals surface area contributed by atoms with E-state index in [-0.39, 0.29) is 6.10 Å². The number of ether oxygens (including phenoxy) is 2. The fraction of sp³-hybridized carbons (Fsp3) is 0.111. The molecule has 1 atom stereocenters. The van der Waals surface area contributed by atoms with Gasteiger partial charge in [-0.2, -0.15) is 0 Å². The summed E-state index contributed by atoms with van der Waals surface area (Å²) in [6, 6.07) is 30.6. The Morgan fingerprint density at radius 2 is 1.32 bits per heavy atom. The Hall–Kier alpha value is -3.76. The monoisotopic (exact) mass is 408 g/mol. The van der Waals surface area contributed by atoms with Crippen LogP contribution in [0.3, 0.4) is 0 Å². The molecule has 1 fully saturated rings. The molecule has 0 saturated carbocycles. The molecule has 1 saturated heterocycles. The number of epoxide rings is 1. The van der Waals surface area contributed by atoms with Crippen molar-refractivity contribution in [3.05, 3.63) is 91.0 Å². The van der Waals surface area contributed by atoms with Gasteiger partial charge >= 0.3 is 0 Å². The summed E-state index contributed by atoms with van der Waals surface area (Å²) in [5, 5.41) is 0. The summed E-state index contributed by atoms with van der Waals surface area (Å²) in [7, 11) is 0. The SMILES string of the molecule is Nc1ccc(-c2ccc(-c3ccc(N)cc3-c3cccc(OCC4CO4)c3)cc2)cc1. The maximum Gasteiger partial charge on any atom is 0.120 e. The smallest absolute Gasteiger partial charge is 0.120 e. The molecule has 31 heavy (non-hydrogen) atoms. The lowest BCUT2D eigenvalue weighted by Crippen LogP contribution is -2.03. The second-order valence-corrected chi connectivity index (χ2v) is 7.80. The molecule has 0 amide bonds. The van der Waals surface area contributed by atoms with Crippen LogP contribution in [0.1, 0.15) is 0 Å². The van der Waals surface area contributed by atoms with E-state index < -0.39 is 0 Å². The molecule has 1 aliphatic rings. The van der Waals surface area contributed by atoms with Crippen molar-refractivity contribution in [2.75, 3.05) is 24.7 Å². The molecule has 4 nitrogen and oxygen atoms in total. The number of hydrogen-bond donors (Lipinski definition) is 2. The van der Waals surface area contributed by atoms with Crippen LogP contribution < -0.4 is 16.2 Å². The van der Waals surface area contributed by atoms with Gasteiger partial charge in [-0.25, -0.2) is 0 Å². The number of nitrogen functional groups attached to an aromatic ring is 2. The van der Waals surface area contributed by atoms with Crippen LogP contribution in [0.5, 0.6) is 5.75 Å². The molecule has 0 aliphatic carbocycles. The minimum Gasteiger partial charge on any atom is -0.491 e. The summed E-state index contributed by atoms with van der Waals surface area (Å²) in [4.78, 5) is 0. The molecule has 0 radical (unpaired) electrons. The molecule has 0 bridgehead atoms. The van der Waals surface area contributed by atoms with Crippen molar-refractivity contribution < 1.29 is 9.47 Å². The highest BCUT2D eigenvalue weighted by Crippen LogP contribution is 2.36. The van der Waals surface area contributed by atoms with Crippen LogP contribution in [0.2, 0.25) is 0 Å². The molecule has 0 aromatic heterocycles. The quantitative estimate of drug-likeness (QED) is 0.320. The van der Waals surface area contributed by atoms with E-state index in [9.17, 15) is 0 Å². The molecule has 154 valence electrons. The van der Waals surface area contributed by atoms with E-state index in [1.165, 1.54) is 0 Å². The predicted molar refractivity (Wildman–Crippen MR) is 127 cm³/mol. The van der Waals surface area contributed by atoms with Crippen LogP contribution in [0.25, 0.3) is 33.4 Å². The van der Waals surface area contributed by atoms with Gasteiger partial charge < -0.3 is 20.9 Å². The average Bonchev–Trinajstić information content (AvgIpc) is 3.63. The van der Waals surface area contributed by atoms with E-state index in [0.717, 1.165) is 57.1 Å². The maximum atomic E-state index is 6.14. The molecule has 1 unspecified atom stereocenters. The average molecular weight is 409 g/mol. The summed E-state index contributed by atoms with van der Waals surface area (Å²) in [5.74, 6) is 0.833. The van der Waals surface area contributed by atoms with Crippen LogP contribution >= 0.6 is 0 Å². The zero-order valence-corrected chi connectivity index (χ0v) is 17.1. The minimum absolute atomic E-state index is 0.228. The van der Waals surface area contributed by atoms with Crippen LogP contribution in [-0.2, 0) is 4.74 Å². The van der Waals surface area contributed by atoms with E-state index in [1.807, 2.05) is 48.5 Å². The summed E-state index contributed by atoms with van der Waals surface area (Å²) in [5.41, 5.74) is 20.1. The third-order valence-corrected chi connectivity index (χ3v) is 5.47. The summed E-state index contributed by atoms with van der Waals surface area (Å²) in [6.07, 6.45) is 0.228. The largest absolute Gasteiger partial charge is 0.491 e. The van der Waals surface area contributed by atoms with Crippen LogP contribution in [0, 0.1) is 0 Å². The molecular formula is C27H24N2O2. The van der Waals surface area contributed by atoms with Crippen LogP contribution in [-0.4, -0.2) is 19.3 Å². The van der Waals surface area contributed by atoms with Crippen molar-refractivity contribution >= 4 is 11.4 Å². The number of hydrogen-bond acceptors (Lipinski definition) is 4. The van der Waals surface area contributed by atoms with E-state index in [4.69, 9.17) is 20.9 Å². The summed E-state index contributed by atoms with van der Waals surface area (Å²) < 4.78 is 11.1. The highest BCUT2D eigenvalue weighted by Gasteiger charge is 2.23. The maximum absolute atomic E-state index is 6.14.